The van der Waals surface area contributed by atoms with Gasteiger partial charge in [0.15, 0.2) is 0 Å². The van der Waals surface area contributed by atoms with Gasteiger partial charge < -0.3 is 10.0 Å². The summed E-state index contributed by atoms with van der Waals surface area (Å²) in [6.07, 6.45) is 5.06. The highest BCUT2D eigenvalue weighted by Crippen LogP contribution is 2.36. The Morgan fingerprint density at radius 2 is 2.06 bits per heavy atom. The van der Waals surface area contributed by atoms with Crippen LogP contribution in [0.5, 0.6) is 0 Å². The van der Waals surface area contributed by atoms with Crippen LogP contribution in [-0.4, -0.2) is 65.1 Å². The number of halogens is 2. The fraction of sp³-hybridized carbons (Fsp3) is 0.583. The maximum Gasteiger partial charge on any atom is 0.303 e. The molecular weight excluding hydrogens is 470 g/mol. The molecule has 1 aliphatic carbocycles. The van der Waals surface area contributed by atoms with E-state index in [0.29, 0.717) is 35.7 Å². The highest BCUT2D eigenvalue weighted by atomic mass is 19.3. The molecule has 1 saturated carbocycles. The van der Waals surface area contributed by atoms with Gasteiger partial charge in [-0.25, -0.2) is 18.4 Å². The molecule has 4 heterocycles. The zero-order valence-corrected chi connectivity index (χ0v) is 20.4. The van der Waals surface area contributed by atoms with Crippen LogP contribution in [0.1, 0.15) is 49.7 Å². The summed E-state index contributed by atoms with van der Waals surface area (Å²) in [5.74, 6) is -3.94. The zero-order chi connectivity index (χ0) is 25.4. The van der Waals surface area contributed by atoms with Crippen molar-refractivity contribution in [2.75, 3.05) is 18.0 Å². The van der Waals surface area contributed by atoms with Gasteiger partial charge in [-0.3, -0.25) is 4.79 Å². The molecule has 2 fully saturated rings. The van der Waals surface area contributed by atoms with E-state index < -0.39 is 30.8 Å². The number of aromatic nitrogens is 7. The number of hydrogen-bond donors (Lipinski definition) is 1. The second kappa shape index (κ2) is 9.55. The summed E-state index contributed by atoms with van der Waals surface area (Å²) in [7, 11) is 1.80. The Labute approximate surface area is 207 Å². The van der Waals surface area contributed by atoms with Crippen molar-refractivity contribution < 1.29 is 18.7 Å². The number of pyridine rings is 1. The number of carboxylic acid groups (broad SMARTS) is 1. The highest BCUT2D eigenvalue weighted by molar-refractivity contribution is 5.67. The number of carboxylic acids is 1. The van der Waals surface area contributed by atoms with Crippen LogP contribution in [0, 0.1) is 11.8 Å². The van der Waals surface area contributed by atoms with E-state index in [0.717, 1.165) is 23.7 Å². The molecule has 1 unspecified atom stereocenters. The van der Waals surface area contributed by atoms with Crippen molar-refractivity contribution in [2.45, 2.75) is 57.9 Å². The number of carbonyl (C=O) groups is 1. The first-order valence-electron chi connectivity index (χ1n) is 12.3. The maximum absolute atomic E-state index is 14.5. The van der Waals surface area contributed by atoms with Crippen LogP contribution < -0.4 is 4.90 Å². The van der Waals surface area contributed by atoms with E-state index >= 15 is 0 Å². The van der Waals surface area contributed by atoms with Gasteiger partial charge >= 0.3 is 5.97 Å². The third kappa shape index (κ3) is 5.36. The van der Waals surface area contributed by atoms with Crippen molar-refractivity contribution in [3.8, 4) is 11.4 Å². The van der Waals surface area contributed by atoms with Crippen LogP contribution in [0.15, 0.2) is 18.3 Å². The molecule has 0 bridgehead atoms. The van der Waals surface area contributed by atoms with E-state index in [2.05, 4.69) is 20.5 Å². The topological polar surface area (TPSA) is 115 Å². The fourth-order valence-electron chi connectivity index (χ4n) is 4.96. The van der Waals surface area contributed by atoms with Gasteiger partial charge in [-0.05, 0) is 49.7 Å². The van der Waals surface area contributed by atoms with Crippen LogP contribution in [0.2, 0.25) is 0 Å². The predicted molar refractivity (Wildman–Crippen MR) is 127 cm³/mol. The molecule has 5 rings (SSSR count). The molecule has 0 spiro atoms. The van der Waals surface area contributed by atoms with Crippen LogP contribution >= 0.6 is 0 Å². The lowest BCUT2D eigenvalue weighted by Gasteiger charge is -2.39. The molecule has 192 valence electrons. The van der Waals surface area contributed by atoms with Gasteiger partial charge in [0.25, 0.3) is 5.92 Å². The Balaban J connectivity index is 1.40. The predicted octanol–water partition coefficient (Wildman–Crippen LogP) is 2.97. The lowest BCUT2D eigenvalue weighted by Crippen LogP contribution is -2.48. The van der Waals surface area contributed by atoms with Gasteiger partial charge in [0, 0.05) is 20.0 Å². The van der Waals surface area contributed by atoms with E-state index in [1.54, 1.807) is 39.8 Å². The molecule has 0 aromatic carbocycles. The average Bonchev–Trinajstić information content (AvgIpc) is 3.40. The van der Waals surface area contributed by atoms with Crippen LogP contribution in [0.4, 0.5) is 14.5 Å². The molecule has 12 heteroatoms. The summed E-state index contributed by atoms with van der Waals surface area (Å²) < 4.78 is 30.6. The summed E-state index contributed by atoms with van der Waals surface area (Å²) in [6.45, 7) is 2.09. The first kappa shape index (κ1) is 24.3. The van der Waals surface area contributed by atoms with E-state index in [4.69, 9.17) is 10.1 Å². The van der Waals surface area contributed by atoms with Crippen molar-refractivity contribution in [1.82, 2.24) is 35.0 Å². The lowest BCUT2D eigenvalue weighted by molar-refractivity contribution is -0.139. The maximum atomic E-state index is 14.5. The number of aryl methyl sites for hydroxylation is 2. The van der Waals surface area contributed by atoms with E-state index in [9.17, 15) is 13.6 Å². The number of rotatable bonds is 9. The molecule has 0 radical (unpaired) electrons. The van der Waals surface area contributed by atoms with Crippen LogP contribution in [0.25, 0.3) is 11.4 Å². The highest BCUT2D eigenvalue weighted by Gasteiger charge is 2.41. The quantitative estimate of drug-likeness (QED) is 0.477. The molecule has 3 aromatic rings. The SMILES string of the molecule is CCc1nc(-c2nnn(C)c2Cn2ncc(CC3CC3)n2)ccc1N1CC(CC(=O)O)CC(F)(F)C1. The molecule has 0 amide bonds. The molecule has 2 aliphatic rings. The lowest BCUT2D eigenvalue weighted by atomic mass is 9.91. The number of alkyl halides is 2. The minimum Gasteiger partial charge on any atom is -0.481 e. The molecule has 1 atom stereocenters. The summed E-state index contributed by atoms with van der Waals surface area (Å²) in [6, 6.07) is 3.54. The molecular formula is C24H30F2N8O2. The van der Waals surface area contributed by atoms with Crippen molar-refractivity contribution in [3.05, 3.63) is 35.4 Å². The molecule has 36 heavy (non-hydrogen) atoms. The monoisotopic (exact) mass is 500 g/mol. The second-order valence-corrected chi connectivity index (χ2v) is 9.94. The third-order valence-corrected chi connectivity index (χ3v) is 6.83. The molecule has 10 nitrogen and oxygen atoms in total. The van der Waals surface area contributed by atoms with E-state index in [1.165, 1.54) is 12.8 Å². The number of nitrogens with zero attached hydrogens (tertiary/aromatic N) is 8. The number of anilines is 1. The summed E-state index contributed by atoms with van der Waals surface area (Å²) in [4.78, 5) is 19.1. The van der Waals surface area contributed by atoms with Crippen LogP contribution in [-0.2, 0) is 31.2 Å². The number of hydrogen-bond acceptors (Lipinski definition) is 7. The first-order valence-corrected chi connectivity index (χ1v) is 12.3. The Hall–Kier alpha value is -3.44. The van der Waals surface area contributed by atoms with Gasteiger partial charge in [-0.2, -0.15) is 15.0 Å². The molecule has 3 aromatic heterocycles. The van der Waals surface area contributed by atoms with Crippen LogP contribution in [0.3, 0.4) is 0 Å². The summed E-state index contributed by atoms with van der Waals surface area (Å²) in [5.41, 5.74) is 4.20. The van der Waals surface area contributed by atoms with Gasteiger partial charge in [0.1, 0.15) is 12.2 Å². The smallest absolute Gasteiger partial charge is 0.303 e. The van der Waals surface area contributed by atoms with E-state index in [-0.39, 0.29) is 13.0 Å². The number of piperidine rings is 1. The van der Waals surface area contributed by atoms with Gasteiger partial charge in [0.2, 0.25) is 0 Å². The van der Waals surface area contributed by atoms with Gasteiger partial charge in [-0.15, -0.1) is 5.10 Å². The van der Waals surface area contributed by atoms with Gasteiger partial charge in [-0.1, -0.05) is 12.1 Å². The fourth-order valence-corrected chi connectivity index (χ4v) is 4.96. The zero-order valence-electron chi connectivity index (χ0n) is 20.4. The Bertz CT molecular complexity index is 1250. The summed E-state index contributed by atoms with van der Waals surface area (Å²) >= 11 is 0. The van der Waals surface area contributed by atoms with Crippen molar-refractivity contribution in [3.63, 3.8) is 0 Å². The Kier molecular flexibility index (Phi) is 6.44. The standard InChI is InChI=1S/C24H30F2N8O2/c1-3-18-20(33-12-16(9-22(35)36)10-24(25,26)14-33)7-6-19(28-18)23-21(32(2)31-29-23)13-34-27-11-17(30-34)8-15-4-5-15/h6-7,11,15-16H,3-5,8-10,12-14H2,1-2H3,(H,35,36). The minimum atomic E-state index is -2.96. The van der Waals surface area contributed by atoms with Crippen molar-refractivity contribution in [2.24, 2.45) is 18.9 Å². The molecule has 1 aliphatic heterocycles. The van der Waals surface area contributed by atoms with Crippen molar-refractivity contribution >= 4 is 11.7 Å². The Morgan fingerprint density at radius 1 is 1.25 bits per heavy atom. The van der Waals surface area contributed by atoms with Crippen molar-refractivity contribution in [1.29, 1.82) is 0 Å². The largest absolute Gasteiger partial charge is 0.481 e. The third-order valence-electron chi connectivity index (χ3n) is 6.83. The van der Waals surface area contributed by atoms with Gasteiger partial charge in [0.05, 0.1) is 47.6 Å². The molecule has 1 saturated heterocycles. The minimum absolute atomic E-state index is 0.250. The second-order valence-electron chi connectivity index (χ2n) is 9.94. The Morgan fingerprint density at radius 3 is 2.78 bits per heavy atom. The van der Waals surface area contributed by atoms with E-state index in [1.807, 2.05) is 6.92 Å². The first-order chi connectivity index (χ1) is 17.2. The summed E-state index contributed by atoms with van der Waals surface area (Å²) in [5, 5.41) is 26.6. The normalized spacial score (nSPS) is 19.6. The average molecular weight is 501 g/mol. The molecule has 1 N–H and O–H groups in total. The number of aliphatic carboxylic acids is 1.